The minimum atomic E-state index is -1.09. The number of halogens is 1. The molecule has 7 heteroatoms. The fourth-order valence-electron chi connectivity index (χ4n) is 4.12. The summed E-state index contributed by atoms with van der Waals surface area (Å²) in [6.07, 6.45) is 5.81. The van der Waals surface area contributed by atoms with Crippen LogP contribution in [0.2, 0.25) is 0 Å². The fourth-order valence-corrected chi connectivity index (χ4v) is 4.12. The molecule has 4 aromatic rings. The molecule has 1 fully saturated rings. The van der Waals surface area contributed by atoms with E-state index in [4.69, 9.17) is 14.2 Å². The standard InChI is InChI=1S/C31H28FNO5/c1-36-26-12-14-29(27(17-26)31(34)35)38-19-30(37-18-21-5-6-21)23-4-2-3-20(15-23)7-10-25-11-8-22-16-24(32)9-13-28(22)33-25/h2-4,7-17,21,30H,5-6,18-19H2,1H3,(H,34,35)/b10-7+/t30-/m0/s1. The molecule has 5 rings (SSSR count). The van der Waals surface area contributed by atoms with Crippen molar-refractivity contribution >= 4 is 29.0 Å². The number of benzene rings is 3. The van der Waals surface area contributed by atoms with Gasteiger partial charge in [-0.2, -0.15) is 0 Å². The first kappa shape index (κ1) is 25.4. The number of aromatic carboxylic acids is 1. The van der Waals surface area contributed by atoms with Gasteiger partial charge in [0.15, 0.2) is 0 Å². The number of hydrogen-bond acceptors (Lipinski definition) is 5. The van der Waals surface area contributed by atoms with Gasteiger partial charge >= 0.3 is 5.97 Å². The number of carbonyl (C=O) groups is 1. The predicted molar refractivity (Wildman–Crippen MR) is 144 cm³/mol. The monoisotopic (exact) mass is 513 g/mol. The summed E-state index contributed by atoms with van der Waals surface area (Å²) in [5, 5.41) is 10.4. The molecular formula is C31H28FNO5. The van der Waals surface area contributed by atoms with Crippen LogP contribution in [0.4, 0.5) is 4.39 Å². The predicted octanol–water partition coefficient (Wildman–Crippen LogP) is 6.80. The molecular weight excluding hydrogens is 485 g/mol. The number of hydrogen-bond donors (Lipinski definition) is 1. The summed E-state index contributed by atoms with van der Waals surface area (Å²) in [5.41, 5.74) is 3.42. The minimum Gasteiger partial charge on any atom is -0.497 e. The van der Waals surface area contributed by atoms with E-state index in [1.54, 1.807) is 18.2 Å². The van der Waals surface area contributed by atoms with E-state index >= 15 is 0 Å². The molecule has 38 heavy (non-hydrogen) atoms. The van der Waals surface area contributed by atoms with Gasteiger partial charge in [0.1, 0.15) is 35.6 Å². The zero-order chi connectivity index (χ0) is 26.5. The maximum atomic E-state index is 13.5. The van der Waals surface area contributed by atoms with E-state index in [2.05, 4.69) is 4.98 Å². The highest BCUT2D eigenvalue weighted by Gasteiger charge is 2.25. The summed E-state index contributed by atoms with van der Waals surface area (Å²) in [6.45, 7) is 0.791. The first-order valence-electron chi connectivity index (χ1n) is 12.5. The number of rotatable bonds is 11. The SMILES string of the molecule is COc1ccc(OC[C@H](OCC2CC2)c2cccc(/C=C/c3ccc4cc(F)ccc4n3)c2)c(C(=O)O)c1. The molecule has 0 radical (unpaired) electrons. The van der Waals surface area contributed by atoms with Gasteiger partial charge in [0.05, 0.1) is 24.9 Å². The minimum absolute atomic E-state index is 0.0348. The van der Waals surface area contributed by atoms with Crippen LogP contribution >= 0.6 is 0 Å². The molecule has 1 atom stereocenters. The Morgan fingerprint density at radius 1 is 1.08 bits per heavy atom. The second-order valence-electron chi connectivity index (χ2n) is 9.32. The molecule has 6 nitrogen and oxygen atoms in total. The lowest BCUT2D eigenvalue weighted by atomic mass is 10.1. The van der Waals surface area contributed by atoms with Crippen LogP contribution in [0.25, 0.3) is 23.1 Å². The van der Waals surface area contributed by atoms with Crippen LogP contribution in [-0.2, 0) is 4.74 Å². The quantitative estimate of drug-likeness (QED) is 0.238. The highest BCUT2D eigenvalue weighted by molar-refractivity contribution is 5.91. The topological polar surface area (TPSA) is 77.9 Å². The lowest BCUT2D eigenvalue weighted by Gasteiger charge is -2.20. The molecule has 0 aliphatic heterocycles. The number of carboxylic acids is 1. The molecule has 1 aliphatic carbocycles. The van der Waals surface area contributed by atoms with Crippen LogP contribution in [0, 0.1) is 11.7 Å². The molecule has 1 saturated carbocycles. The van der Waals surface area contributed by atoms with Crippen molar-refractivity contribution in [3.8, 4) is 11.5 Å². The fraction of sp³-hybridized carbons (Fsp3) is 0.226. The Labute approximate surface area is 220 Å². The third-order valence-corrected chi connectivity index (χ3v) is 6.44. The number of aromatic nitrogens is 1. The Bertz CT molecular complexity index is 1480. The Morgan fingerprint density at radius 2 is 1.95 bits per heavy atom. The summed E-state index contributed by atoms with van der Waals surface area (Å²) in [7, 11) is 1.49. The second-order valence-corrected chi connectivity index (χ2v) is 9.32. The van der Waals surface area contributed by atoms with E-state index < -0.39 is 5.97 Å². The number of carboxylic acid groups (broad SMARTS) is 1. The molecule has 0 saturated heterocycles. The van der Waals surface area contributed by atoms with Crippen LogP contribution in [0.3, 0.4) is 0 Å². The number of nitrogens with zero attached hydrogens (tertiary/aromatic N) is 1. The van der Waals surface area contributed by atoms with Gasteiger partial charge in [0.25, 0.3) is 0 Å². The average Bonchev–Trinajstić information content (AvgIpc) is 3.76. The van der Waals surface area contributed by atoms with E-state index in [0.717, 1.165) is 40.6 Å². The third kappa shape index (κ3) is 6.36. The van der Waals surface area contributed by atoms with Crippen molar-refractivity contribution in [1.82, 2.24) is 4.98 Å². The van der Waals surface area contributed by atoms with Crippen molar-refractivity contribution in [3.63, 3.8) is 0 Å². The number of fused-ring (bicyclic) bond motifs is 1. The first-order valence-corrected chi connectivity index (χ1v) is 12.5. The van der Waals surface area contributed by atoms with Crippen LogP contribution < -0.4 is 9.47 Å². The van der Waals surface area contributed by atoms with Crippen molar-refractivity contribution < 1.29 is 28.5 Å². The van der Waals surface area contributed by atoms with Gasteiger partial charge in [-0.3, -0.25) is 0 Å². The highest BCUT2D eigenvalue weighted by atomic mass is 19.1. The Hall–Kier alpha value is -4.23. The van der Waals surface area contributed by atoms with E-state index in [1.165, 1.54) is 25.3 Å². The molecule has 0 amide bonds. The number of ether oxygens (including phenoxy) is 3. The maximum absolute atomic E-state index is 13.5. The molecule has 0 bridgehead atoms. The zero-order valence-electron chi connectivity index (χ0n) is 21.0. The van der Waals surface area contributed by atoms with Gasteiger partial charge in [-0.25, -0.2) is 14.2 Å². The third-order valence-electron chi connectivity index (χ3n) is 6.44. The van der Waals surface area contributed by atoms with Crippen molar-refractivity contribution in [2.75, 3.05) is 20.3 Å². The summed E-state index contributed by atoms with van der Waals surface area (Å²) >= 11 is 0. The second kappa shape index (κ2) is 11.4. The van der Waals surface area contributed by atoms with Gasteiger partial charge in [-0.05, 0) is 84.5 Å². The van der Waals surface area contributed by atoms with E-state index in [9.17, 15) is 14.3 Å². The van der Waals surface area contributed by atoms with Crippen LogP contribution in [0.1, 0.15) is 46.1 Å². The van der Waals surface area contributed by atoms with Gasteiger partial charge in [-0.15, -0.1) is 0 Å². The van der Waals surface area contributed by atoms with Gasteiger partial charge in [0.2, 0.25) is 0 Å². The molecule has 1 heterocycles. The Kier molecular flexibility index (Phi) is 7.65. The Morgan fingerprint density at radius 3 is 2.74 bits per heavy atom. The van der Waals surface area contributed by atoms with Gasteiger partial charge in [-0.1, -0.05) is 30.3 Å². The lowest BCUT2D eigenvalue weighted by molar-refractivity contribution is 0.0128. The van der Waals surface area contributed by atoms with Crippen molar-refractivity contribution in [2.45, 2.75) is 18.9 Å². The maximum Gasteiger partial charge on any atom is 0.339 e. The first-order chi connectivity index (χ1) is 18.5. The van der Waals surface area contributed by atoms with Crippen molar-refractivity contribution in [3.05, 3.63) is 101 Å². The van der Waals surface area contributed by atoms with E-state index in [0.29, 0.717) is 18.3 Å². The van der Waals surface area contributed by atoms with E-state index in [-0.39, 0.29) is 29.8 Å². The smallest absolute Gasteiger partial charge is 0.339 e. The van der Waals surface area contributed by atoms with Crippen molar-refractivity contribution in [2.24, 2.45) is 5.92 Å². The molecule has 194 valence electrons. The number of methoxy groups -OCH3 is 1. The molecule has 1 N–H and O–H groups in total. The summed E-state index contributed by atoms with van der Waals surface area (Å²) in [6, 6.07) is 20.9. The molecule has 1 aliphatic rings. The van der Waals surface area contributed by atoms with Crippen LogP contribution in [0.5, 0.6) is 11.5 Å². The Balaban J connectivity index is 1.34. The van der Waals surface area contributed by atoms with Crippen molar-refractivity contribution in [1.29, 1.82) is 0 Å². The summed E-state index contributed by atoms with van der Waals surface area (Å²) < 4.78 is 30.8. The number of pyridine rings is 1. The highest BCUT2D eigenvalue weighted by Crippen LogP contribution is 2.32. The lowest BCUT2D eigenvalue weighted by Crippen LogP contribution is -2.16. The van der Waals surface area contributed by atoms with Gasteiger partial charge in [0, 0.05) is 5.39 Å². The summed E-state index contributed by atoms with van der Waals surface area (Å²) in [4.78, 5) is 16.3. The van der Waals surface area contributed by atoms with Gasteiger partial charge < -0.3 is 19.3 Å². The molecule has 0 spiro atoms. The average molecular weight is 514 g/mol. The normalized spacial score (nSPS) is 14.1. The summed E-state index contributed by atoms with van der Waals surface area (Å²) in [5.74, 6) is -0.106. The molecule has 3 aromatic carbocycles. The van der Waals surface area contributed by atoms with E-state index in [1.807, 2.05) is 48.6 Å². The zero-order valence-corrected chi connectivity index (χ0v) is 21.0. The molecule has 1 aromatic heterocycles. The largest absolute Gasteiger partial charge is 0.497 e. The molecule has 0 unspecified atom stereocenters. The van der Waals surface area contributed by atoms with Crippen LogP contribution in [0.15, 0.2) is 72.8 Å². The van der Waals surface area contributed by atoms with Crippen LogP contribution in [-0.4, -0.2) is 36.4 Å².